The van der Waals surface area contributed by atoms with E-state index in [0.29, 0.717) is 11.1 Å². The molecule has 0 unspecified atom stereocenters. The number of nitro groups is 1. The predicted octanol–water partition coefficient (Wildman–Crippen LogP) is 6.93. The Hall–Kier alpha value is -4.56. The van der Waals surface area contributed by atoms with E-state index in [2.05, 4.69) is 0 Å². The lowest BCUT2D eigenvalue weighted by Gasteiger charge is -2.15. The molecule has 4 aromatic carbocycles. The molecule has 4 rings (SSSR count). The van der Waals surface area contributed by atoms with Gasteiger partial charge in [-0.2, -0.15) is 0 Å². The van der Waals surface area contributed by atoms with Crippen LogP contribution in [0.3, 0.4) is 0 Å². The number of ether oxygens (including phenoxy) is 1. The van der Waals surface area contributed by atoms with Gasteiger partial charge in [0.2, 0.25) is 5.78 Å². The van der Waals surface area contributed by atoms with Crippen LogP contribution in [0.15, 0.2) is 119 Å². The van der Waals surface area contributed by atoms with Crippen LogP contribution in [0.2, 0.25) is 0 Å². The first-order valence-electron chi connectivity index (χ1n) is 10.7. The maximum atomic E-state index is 13.7. The lowest BCUT2D eigenvalue weighted by molar-refractivity contribution is -0.387. The van der Waals surface area contributed by atoms with Gasteiger partial charge in [0.05, 0.1) is 15.4 Å². The van der Waals surface area contributed by atoms with Crippen LogP contribution in [-0.4, -0.2) is 16.7 Å². The van der Waals surface area contributed by atoms with Gasteiger partial charge in [-0.25, -0.2) is 9.18 Å². The van der Waals surface area contributed by atoms with E-state index in [1.807, 2.05) is 0 Å². The SMILES string of the molecule is O=C(OC(=C(Sc1ccccc1[N+](=O)[O-])C(=O)c1ccccc1)c1ccccc1)c1ccc(F)cc1. The number of carbonyl (C=O) groups excluding carboxylic acids is 2. The van der Waals surface area contributed by atoms with Crippen LogP contribution in [0.25, 0.3) is 5.76 Å². The monoisotopic (exact) mass is 499 g/mol. The fourth-order valence-corrected chi connectivity index (χ4v) is 4.36. The van der Waals surface area contributed by atoms with E-state index in [4.69, 9.17) is 4.74 Å². The summed E-state index contributed by atoms with van der Waals surface area (Å²) >= 11 is 0.840. The van der Waals surface area contributed by atoms with Crippen molar-refractivity contribution in [3.63, 3.8) is 0 Å². The minimum absolute atomic E-state index is 0.0165. The lowest BCUT2D eigenvalue weighted by atomic mass is 10.1. The fraction of sp³-hybridized carbons (Fsp3) is 0. The molecule has 36 heavy (non-hydrogen) atoms. The third kappa shape index (κ3) is 5.73. The Morgan fingerprint density at radius 2 is 1.28 bits per heavy atom. The van der Waals surface area contributed by atoms with Gasteiger partial charge in [-0.05, 0) is 30.3 Å². The van der Waals surface area contributed by atoms with Gasteiger partial charge in [0, 0.05) is 17.2 Å². The predicted molar refractivity (Wildman–Crippen MR) is 135 cm³/mol. The van der Waals surface area contributed by atoms with Gasteiger partial charge in [0.15, 0.2) is 5.76 Å². The zero-order valence-electron chi connectivity index (χ0n) is 18.7. The van der Waals surface area contributed by atoms with Crippen LogP contribution in [0.1, 0.15) is 26.3 Å². The molecule has 0 saturated heterocycles. The normalized spacial score (nSPS) is 11.4. The number of benzene rings is 4. The Kier molecular flexibility index (Phi) is 7.67. The summed E-state index contributed by atoms with van der Waals surface area (Å²) in [5.74, 6) is -1.88. The molecule has 0 aromatic heterocycles. The van der Waals surface area contributed by atoms with Gasteiger partial charge in [-0.1, -0.05) is 84.6 Å². The lowest BCUT2D eigenvalue weighted by Crippen LogP contribution is -2.11. The minimum atomic E-state index is -0.810. The molecule has 178 valence electrons. The second-order valence-electron chi connectivity index (χ2n) is 7.44. The van der Waals surface area contributed by atoms with Crippen LogP contribution < -0.4 is 0 Å². The molecule has 0 atom stereocenters. The van der Waals surface area contributed by atoms with E-state index in [1.165, 1.54) is 30.3 Å². The van der Waals surface area contributed by atoms with Gasteiger partial charge < -0.3 is 4.74 Å². The van der Waals surface area contributed by atoms with E-state index in [1.54, 1.807) is 66.7 Å². The molecule has 6 nitrogen and oxygen atoms in total. The first-order valence-corrected chi connectivity index (χ1v) is 11.5. The third-order valence-electron chi connectivity index (χ3n) is 5.03. The molecular weight excluding hydrogens is 481 g/mol. The van der Waals surface area contributed by atoms with Crippen LogP contribution in [0.5, 0.6) is 0 Å². The Morgan fingerprint density at radius 1 is 0.722 bits per heavy atom. The number of nitrogens with zero attached hydrogens (tertiary/aromatic N) is 1. The number of carbonyl (C=O) groups is 2. The van der Waals surface area contributed by atoms with Gasteiger partial charge in [0.25, 0.3) is 5.69 Å². The summed E-state index contributed by atoms with van der Waals surface area (Å²) in [6.45, 7) is 0. The van der Waals surface area contributed by atoms with Crippen LogP contribution in [-0.2, 0) is 4.74 Å². The van der Waals surface area contributed by atoms with E-state index in [0.717, 1.165) is 23.9 Å². The third-order valence-corrected chi connectivity index (χ3v) is 6.17. The molecule has 0 fully saturated rings. The summed E-state index contributed by atoms with van der Waals surface area (Å²) in [5.41, 5.74) is 0.605. The molecule has 0 radical (unpaired) electrons. The molecule has 0 aliphatic carbocycles. The molecule has 0 saturated carbocycles. The van der Waals surface area contributed by atoms with Crippen molar-refractivity contribution in [3.8, 4) is 0 Å². The highest BCUT2D eigenvalue weighted by Gasteiger charge is 2.26. The number of hydrogen-bond donors (Lipinski definition) is 0. The van der Waals surface area contributed by atoms with E-state index < -0.39 is 22.5 Å². The summed E-state index contributed by atoms with van der Waals surface area (Å²) in [4.78, 5) is 38.0. The minimum Gasteiger partial charge on any atom is -0.421 e. The van der Waals surface area contributed by atoms with E-state index in [9.17, 15) is 24.1 Å². The van der Waals surface area contributed by atoms with Crippen molar-refractivity contribution in [2.75, 3.05) is 0 Å². The maximum absolute atomic E-state index is 13.7. The number of Topliss-reactive ketones (excluding diaryl/α,β-unsaturated/α-hetero) is 1. The number of para-hydroxylation sites is 1. The zero-order valence-corrected chi connectivity index (χ0v) is 19.5. The smallest absolute Gasteiger partial charge is 0.343 e. The first kappa shape index (κ1) is 24.6. The van der Waals surface area contributed by atoms with Gasteiger partial charge in [-0.3, -0.25) is 14.9 Å². The summed E-state index contributed by atoms with van der Waals surface area (Å²) in [7, 11) is 0. The van der Waals surface area contributed by atoms with Crippen molar-refractivity contribution in [2.45, 2.75) is 4.90 Å². The molecule has 8 heteroatoms. The highest BCUT2D eigenvalue weighted by molar-refractivity contribution is 8.04. The Morgan fingerprint density at radius 3 is 1.89 bits per heavy atom. The molecule has 0 amide bonds. The summed E-state index contributed by atoms with van der Waals surface area (Å²) in [6, 6.07) is 27.6. The highest BCUT2D eigenvalue weighted by atomic mass is 32.2. The molecule has 0 aliphatic rings. The Labute approximate surface area is 210 Å². The summed E-state index contributed by atoms with van der Waals surface area (Å²) in [5, 5.41) is 11.6. The van der Waals surface area contributed by atoms with Crippen LogP contribution in [0.4, 0.5) is 10.1 Å². The van der Waals surface area contributed by atoms with E-state index in [-0.39, 0.29) is 26.8 Å². The molecule has 0 aliphatic heterocycles. The first-order chi connectivity index (χ1) is 17.4. The number of esters is 1. The van der Waals surface area contributed by atoms with Crippen molar-refractivity contribution in [1.29, 1.82) is 0 Å². The van der Waals surface area contributed by atoms with Crippen molar-refractivity contribution in [2.24, 2.45) is 0 Å². The molecule has 4 aromatic rings. The largest absolute Gasteiger partial charge is 0.421 e. The number of halogens is 1. The number of nitro benzene ring substituents is 1. The van der Waals surface area contributed by atoms with Crippen molar-refractivity contribution in [3.05, 3.63) is 147 Å². The number of allylic oxidation sites excluding steroid dienone is 1. The standard InChI is InChI=1S/C28H18FNO5S/c29-22-17-15-21(16-18-22)28(32)35-26(20-11-5-2-6-12-20)27(25(31)19-9-3-1-4-10-19)36-24-14-8-7-13-23(24)30(33)34/h1-18H. The van der Waals surface area contributed by atoms with Crippen molar-refractivity contribution >= 4 is 35.0 Å². The van der Waals surface area contributed by atoms with E-state index >= 15 is 0 Å². The number of thioether (sulfide) groups is 1. The molecule has 0 spiro atoms. The van der Waals surface area contributed by atoms with Gasteiger partial charge >= 0.3 is 5.97 Å². The topological polar surface area (TPSA) is 86.5 Å². The van der Waals surface area contributed by atoms with Crippen molar-refractivity contribution in [1.82, 2.24) is 0 Å². The number of ketones is 1. The highest BCUT2D eigenvalue weighted by Crippen LogP contribution is 2.40. The van der Waals surface area contributed by atoms with Crippen molar-refractivity contribution < 1.29 is 23.6 Å². The summed E-state index contributed by atoms with van der Waals surface area (Å²) in [6.07, 6.45) is 0. The number of hydrogen-bond acceptors (Lipinski definition) is 6. The zero-order chi connectivity index (χ0) is 25.5. The molecular formula is C28H18FNO5S. The quantitative estimate of drug-likeness (QED) is 0.0497. The van der Waals surface area contributed by atoms with Crippen LogP contribution in [0, 0.1) is 15.9 Å². The average Bonchev–Trinajstić information content (AvgIpc) is 2.91. The number of rotatable bonds is 8. The maximum Gasteiger partial charge on any atom is 0.343 e. The van der Waals surface area contributed by atoms with Gasteiger partial charge in [-0.15, -0.1) is 0 Å². The summed E-state index contributed by atoms with van der Waals surface area (Å²) < 4.78 is 19.1. The Bertz CT molecular complexity index is 1440. The fourth-order valence-electron chi connectivity index (χ4n) is 3.28. The molecule has 0 N–H and O–H groups in total. The average molecular weight is 500 g/mol. The second kappa shape index (κ2) is 11.2. The molecule has 0 heterocycles. The second-order valence-corrected chi connectivity index (χ2v) is 8.49. The molecule has 0 bridgehead atoms. The van der Waals surface area contributed by atoms with Gasteiger partial charge in [0.1, 0.15) is 10.7 Å². The Balaban J connectivity index is 1.90. The van der Waals surface area contributed by atoms with Crippen LogP contribution >= 0.6 is 11.8 Å².